The second-order valence-corrected chi connectivity index (χ2v) is 6.29. The fraction of sp³-hybridized carbons (Fsp3) is 0.529. The van der Waals surface area contributed by atoms with E-state index in [-0.39, 0.29) is 30.8 Å². The van der Waals surface area contributed by atoms with Crippen molar-refractivity contribution < 1.29 is 14.3 Å². The lowest BCUT2D eigenvalue weighted by Crippen LogP contribution is -2.28. The standard InChI is InChI=1S/C17H25NO3/c1-12-6-8-14(9-7-12)13(2)18-15(19)10-11-16(20)21-17(3,4)5/h6-9,13H,10-11H2,1-5H3,(H,18,19). The molecule has 0 saturated carbocycles. The van der Waals surface area contributed by atoms with Gasteiger partial charge in [-0.1, -0.05) is 29.8 Å². The summed E-state index contributed by atoms with van der Waals surface area (Å²) in [5.41, 5.74) is 1.72. The maximum absolute atomic E-state index is 11.8. The highest BCUT2D eigenvalue weighted by molar-refractivity contribution is 5.81. The molecule has 0 saturated heterocycles. The van der Waals surface area contributed by atoms with Crippen LogP contribution in [0.5, 0.6) is 0 Å². The summed E-state index contributed by atoms with van der Waals surface area (Å²) in [6, 6.07) is 7.94. The van der Waals surface area contributed by atoms with Crippen LogP contribution in [-0.2, 0) is 14.3 Å². The van der Waals surface area contributed by atoms with Crippen LogP contribution in [0.15, 0.2) is 24.3 Å². The number of nitrogens with one attached hydrogen (secondary N) is 1. The fourth-order valence-electron chi connectivity index (χ4n) is 1.86. The second-order valence-electron chi connectivity index (χ2n) is 6.29. The Kier molecular flexibility index (Phi) is 5.94. The number of esters is 1. The van der Waals surface area contributed by atoms with Crippen molar-refractivity contribution in [2.45, 2.75) is 59.1 Å². The minimum absolute atomic E-state index is 0.0725. The van der Waals surface area contributed by atoms with E-state index in [9.17, 15) is 9.59 Å². The lowest BCUT2D eigenvalue weighted by molar-refractivity contribution is -0.155. The lowest BCUT2D eigenvalue weighted by atomic mass is 10.1. The SMILES string of the molecule is Cc1ccc(C(C)NC(=O)CCC(=O)OC(C)(C)C)cc1. The predicted molar refractivity (Wildman–Crippen MR) is 82.8 cm³/mol. The Bertz CT molecular complexity index is 486. The third-order valence-electron chi connectivity index (χ3n) is 2.93. The first-order valence-electron chi connectivity index (χ1n) is 7.25. The Morgan fingerprint density at radius 2 is 1.71 bits per heavy atom. The van der Waals surface area contributed by atoms with Crippen LogP contribution in [0.2, 0.25) is 0 Å². The maximum atomic E-state index is 11.8. The van der Waals surface area contributed by atoms with Crippen LogP contribution in [0.4, 0.5) is 0 Å². The van der Waals surface area contributed by atoms with Gasteiger partial charge in [0, 0.05) is 6.42 Å². The van der Waals surface area contributed by atoms with Gasteiger partial charge in [0.2, 0.25) is 5.91 Å². The monoisotopic (exact) mass is 291 g/mol. The Morgan fingerprint density at radius 3 is 2.24 bits per heavy atom. The van der Waals surface area contributed by atoms with E-state index in [4.69, 9.17) is 4.74 Å². The smallest absolute Gasteiger partial charge is 0.306 e. The van der Waals surface area contributed by atoms with E-state index in [0.29, 0.717) is 0 Å². The van der Waals surface area contributed by atoms with Gasteiger partial charge in [-0.25, -0.2) is 0 Å². The zero-order valence-corrected chi connectivity index (χ0v) is 13.5. The van der Waals surface area contributed by atoms with E-state index in [0.717, 1.165) is 5.56 Å². The molecule has 4 heteroatoms. The Labute approximate surface area is 126 Å². The molecule has 0 radical (unpaired) electrons. The molecule has 116 valence electrons. The van der Waals surface area contributed by atoms with Crippen LogP contribution in [-0.4, -0.2) is 17.5 Å². The van der Waals surface area contributed by atoms with Gasteiger partial charge in [-0.2, -0.15) is 0 Å². The number of carbonyl (C=O) groups excluding carboxylic acids is 2. The number of benzene rings is 1. The number of rotatable bonds is 5. The molecule has 0 spiro atoms. The number of hydrogen-bond acceptors (Lipinski definition) is 3. The molecule has 0 aliphatic carbocycles. The molecule has 4 nitrogen and oxygen atoms in total. The zero-order chi connectivity index (χ0) is 16.0. The van der Waals surface area contributed by atoms with Gasteiger partial charge in [0.1, 0.15) is 5.60 Å². The van der Waals surface area contributed by atoms with E-state index in [1.54, 1.807) is 0 Å². The first kappa shape index (κ1) is 17.2. The molecule has 1 N–H and O–H groups in total. The van der Waals surface area contributed by atoms with Gasteiger partial charge < -0.3 is 10.1 Å². The van der Waals surface area contributed by atoms with E-state index in [1.165, 1.54) is 5.56 Å². The zero-order valence-electron chi connectivity index (χ0n) is 13.5. The normalized spacial score (nSPS) is 12.6. The van der Waals surface area contributed by atoms with Crippen molar-refractivity contribution in [1.29, 1.82) is 0 Å². The van der Waals surface area contributed by atoms with Crippen molar-refractivity contribution >= 4 is 11.9 Å². The van der Waals surface area contributed by atoms with Gasteiger partial charge in [0.05, 0.1) is 12.5 Å². The van der Waals surface area contributed by atoms with Gasteiger partial charge >= 0.3 is 5.97 Å². The van der Waals surface area contributed by atoms with E-state index in [2.05, 4.69) is 5.32 Å². The summed E-state index contributed by atoms with van der Waals surface area (Å²) in [5, 5.41) is 2.89. The quantitative estimate of drug-likeness (QED) is 0.847. The average Bonchev–Trinajstić information content (AvgIpc) is 2.35. The van der Waals surface area contributed by atoms with Crippen molar-refractivity contribution in [1.82, 2.24) is 5.32 Å². The van der Waals surface area contributed by atoms with Crippen LogP contribution in [0.1, 0.15) is 57.7 Å². The second kappa shape index (κ2) is 7.25. The topological polar surface area (TPSA) is 55.4 Å². The van der Waals surface area contributed by atoms with Gasteiger partial charge in [-0.3, -0.25) is 9.59 Å². The highest BCUT2D eigenvalue weighted by Gasteiger charge is 2.17. The molecular weight excluding hydrogens is 266 g/mol. The molecule has 1 aromatic rings. The van der Waals surface area contributed by atoms with E-state index >= 15 is 0 Å². The first-order valence-corrected chi connectivity index (χ1v) is 7.25. The van der Waals surface area contributed by atoms with Crippen molar-refractivity contribution in [3.63, 3.8) is 0 Å². The summed E-state index contributed by atoms with van der Waals surface area (Å²) in [6.07, 6.45) is 0.245. The molecule has 0 heterocycles. The van der Waals surface area contributed by atoms with Crippen molar-refractivity contribution in [3.05, 3.63) is 35.4 Å². The molecule has 0 fully saturated rings. The molecule has 1 amide bonds. The molecule has 0 aliphatic rings. The summed E-state index contributed by atoms with van der Waals surface area (Å²) in [4.78, 5) is 23.4. The number of carbonyl (C=O) groups is 2. The average molecular weight is 291 g/mol. The fourth-order valence-corrected chi connectivity index (χ4v) is 1.86. The maximum Gasteiger partial charge on any atom is 0.306 e. The molecule has 1 aromatic carbocycles. The number of ether oxygens (including phenoxy) is 1. The third-order valence-corrected chi connectivity index (χ3v) is 2.93. The third kappa shape index (κ3) is 6.93. The molecular formula is C17H25NO3. The van der Waals surface area contributed by atoms with Gasteiger partial charge in [-0.05, 0) is 40.2 Å². The number of hydrogen-bond donors (Lipinski definition) is 1. The lowest BCUT2D eigenvalue weighted by Gasteiger charge is -2.19. The molecule has 1 rings (SSSR count). The first-order chi connectivity index (χ1) is 9.67. The Balaban J connectivity index is 2.40. The molecule has 0 aliphatic heterocycles. The highest BCUT2D eigenvalue weighted by atomic mass is 16.6. The van der Waals surface area contributed by atoms with Crippen LogP contribution in [0, 0.1) is 6.92 Å². The highest BCUT2D eigenvalue weighted by Crippen LogP contribution is 2.14. The van der Waals surface area contributed by atoms with Crippen LogP contribution < -0.4 is 5.32 Å². The van der Waals surface area contributed by atoms with Crippen LogP contribution in [0.25, 0.3) is 0 Å². The Hall–Kier alpha value is -1.84. The minimum atomic E-state index is -0.511. The molecule has 1 atom stereocenters. The molecule has 0 aromatic heterocycles. The predicted octanol–water partition coefficient (Wildman–Crippen LogP) is 3.29. The van der Waals surface area contributed by atoms with Crippen molar-refractivity contribution in [2.75, 3.05) is 0 Å². The largest absolute Gasteiger partial charge is 0.460 e. The van der Waals surface area contributed by atoms with Crippen LogP contribution in [0.3, 0.4) is 0 Å². The van der Waals surface area contributed by atoms with Gasteiger partial charge in [0.25, 0.3) is 0 Å². The van der Waals surface area contributed by atoms with Crippen molar-refractivity contribution in [3.8, 4) is 0 Å². The summed E-state index contributed by atoms with van der Waals surface area (Å²) in [5.74, 6) is -0.491. The van der Waals surface area contributed by atoms with E-state index < -0.39 is 5.60 Å². The summed E-state index contributed by atoms with van der Waals surface area (Å²) >= 11 is 0. The molecule has 0 bridgehead atoms. The van der Waals surface area contributed by atoms with E-state index in [1.807, 2.05) is 58.9 Å². The summed E-state index contributed by atoms with van der Waals surface area (Å²) < 4.78 is 5.17. The molecule has 21 heavy (non-hydrogen) atoms. The summed E-state index contributed by atoms with van der Waals surface area (Å²) in [7, 11) is 0. The summed E-state index contributed by atoms with van der Waals surface area (Å²) in [6.45, 7) is 9.38. The minimum Gasteiger partial charge on any atom is -0.460 e. The number of amides is 1. The van der Waals surface area contributed by atoms with Crippen molar-refractivity contribution in [2.24, 2.45) is 0 Å². The van der Waals surface area contributed by atoms with Gasteiger partial charge in [0.15, 0.2) is 0 Å². The van der Waals surface area contributed by atoms with Gasteiger partial charge in [-0.15, -0.1) is 0 Å². The number of aryl methyl sites for hydroxylation is 1. The van der Waals surface area contributed by atoms with Crippen LogP contribution >= 0.6 is 0 Å². The molecule has 1 unspecified atom stereocenters. The Morgan fingerprint density at radius 1 is 1.14 bits per heavy atom.